The predicted octanol–water partition coefficient (Wildman–Crippen LogP) is 3.96. The van der Waals surface area contributed by atoms with Gasteiger partial charge in [-0.1, -0.05) is 23.4 Å². The van der Waals surface area contributed by atoms with Crippen LogP contribution in [-0.2, 0) is 4.79 Å². The van der Waals surface area contributed by atoms with Crippen molar-refractivity contribution >= 4 is 40.9 Å². The van der Waals surface area contributed by atoms with Crippen LogP contribution in [0.2, 0.25) is 5.02 Å². The Morgan fingerprint density at radius 1 is 1.11 bits per heavy atom. The minimum atomic E-state index is -0.193. The lowest BCUT2D eigenvalue weighted by atomic mass is 10.1. The second kappa shape index (κ2) is 9.71. The normalized spacial score (nSPS) is 10.6. The number of carbonyl (C=O) groups excluding carboxylic acids is 2. The number of nitrogens with one attached hydrogen (secondary N) is 1. The Bertz CT molecular complexity index is 820. The molecular weight excluding hydrogens is 384 g/mol. The number of hydrogen-bond donors (Lipinski definition) is 1. The molecule has 27 heavy (non-hydrogen) atoms. The van der Waals surface area contributed by atoms with Crippen LogP contribution in [0, 0.1) is 13.8 Å². The van der Waals surface area contributed by atoms with E-state index in [2.05, 4.69) is 15.3 Å². The van der Waals surface area contributed by atoms with Gasteiger partial charge < -0.3 is 10.2 Å². The summed E-state index contributed by atoms with van der Waals surface area (Å²) in [6, 6.07) is 6.79. The zero-order chi connectivity index (χ0) is 20.0. The van der Waals surface area contributed by atoms with Crippen molar-refractivity contribution < 1.29 is 9.59 Å². The van der Waals surface area contributed by atoms with Crippen LogP contribution in [0.1, 0.15) is 35.6 Å². The number of amides is 2. The van der Waals surface area contributed by atoms with Crippen LogP contribution in [0.15, 0.2) is 29.4 Å². The van der Waals surface area contributed by atoms with Crippen molar-refractivity contribution in [2.45, 2.75) is 32.9 Å². The molecule has 2 aromatic rings. The molecule has 1 heterocycles. The van der Waals surface area contributed by atoms with E-state index in [-0.39, 0.29) is 17.6 Å². The molecule has 8 heteroatoms. The molecule has 0 radical (unpaired) electrons. The zero-order valence-electron chi connectivity index (χ0n) is 15.9. The number of rotatable bonds is 7. The van der Waals surface area contributed by atoms with E-state index in [9.17, 15) is 9.59 Å². The Morgan fingerprint density at radius 3 is 2.30 bits per heavy atom. The quantitative estimate of drug-likeness (QED) is 0.556. The first-order valence-electron chi connectivity index (χ1n) is 8.67. The van der Waals surface area contributed by atoms with Gasteiger partial charge in [-0.15, -0.1) is 0 Å². The van der Waals surface area contributed by atoms with Gasteiger partial charge in [-0.05, 0) is 52.0 Å². The Kier molecular flexibility index (Phi) is 7.62. The summed E-state index contributed by atoms with van der Waals surface area (Å²) in [7, 11) is 0. The molecule has 0 saturated heterocycles. The van der Waals surface area contributed by atoms with Gasteiger partial charge in [0.2, 0.25) is 5.91 Å². The van der Waals surface area contributed by atoms with Crippen molar-refractivity contribution in [1.29, 1.82) is 0 Å². The van der Waals surface area contributed by atoms with Crippen molar-refractivity contribution in [2.75, 3.05) is 24.2 Å². The molecule has 2 rings (SSSR count). The Labute approximate surface area is 168 Å². The highest BCUT2D eigenvalue weighted by molar-refractivity contribution is 7.99. The van der Waals surface area contributed by atoms with Gasteiger partial charge in [0, 0.05) is 30.2 Å². The highest BCUT2D eigenvalue weighted by Crippen LogP contribution is 2.23. The second-order valence-corrected chi connectivity index (χ2v) is 7.29. The third kappa shape index (κ3) is 5.94. The van der Waals surface area contributed by atoms with Crippen LogP contribution in [0.3, 0.4) is 0 Å². The van der Waals surface area contributed by atoms with Crippen molar-refractivity contribution in [3.63, 3.8) is 0 Å². The lowest BCUT2D eigenvalue weighted by molar-refractivity contribution is -0.113. The van der Waals surface area contributed by atoms with Crippen molar-refractivity contribution in [3.05, 3.63) is 46.2 Å². The van der Waals surface area contributed by atoms with Crippen LogP contribution in [0.4, 0.5) is 5.69 Å². The van der Waals surface area contributed by atoms with Gasteiger partial charge in [-0.2, -0.15) is 0 Å². The molecule has 1 aromatic carbocycles. The summed E-state index contributed by atoms with van der Waals surface area (Å²) >= 11 is 7.52. The number of carbonyl (C=O) groups is 2. The number of nitrogens with zero attached hydrogens (tertiary/aromatic N) is 3. The maximum Gasteiger partial charge on any atom is 0.255 e. The first kappa shape index (κ1) is 21.2. The van der Waals surface area contributed by atoms with Crippen LogP contribution >= 0.6 is 23.4 Å². The molecule has 0 saturated carbocycles. The molecule has 0 fully saturated rings. The van der Waals surface area contributed by atoms with E-state index in [1.165, 1.54) is 11.8 Å². The van der Waals surface area contributed by atoms with Crippen molar-refractivity contribution in [3.8, 4) is 0 Å². The van der Waals surface area contributed by atoms with Gasteiger partial charge in [0.1, 0.15) is 0 Å². The molecule has 0 aliphatic carbocycles. The summed E-state index contributed by atoms with van der Waals surface area (Å²) in [5.41, 5.74) is 2.70. The first-order valence-corrected chi connectivity index (χ1v) is 10.0. The highest BCUT2D eigenvalue weighted by atomic mass is 35.5. The second-order valence-electron chi connectivity index (χ2n) is 5.94. The van der Waals surface area contributed by atoms with E-state index in [4.69, 9.17) is 11.6 Å². The topological polar surface area (TPSA) is 75.2 Å². The van der Waals surface area contributed by atoms with Crippen molar-refractivity contribution in [1.82, 2.24) is 14.9 Å². The number of halogens is 1. The molecule has 0 atom stereocenters. The molecule has 1 aromatic heterocycles. The summed E-state index contributed by atoms with van der Waals surface area (Å²) in [6.45, 7) is 8.84. The number of thioether (sulfide) groups is 1. The summed E-state index contributed by atoms with van der Waals surface area (Å²) in [6.07, 6.45) is 0. The van der Waals surface area contributed by atoms with Crippen LogP contribution < -0.4 is 5.32 Å². The predicted molar refractivity (Wildman–Crippen MR) is 110 cm³/mol. The first-order chi connectivity index (χ1) is 12.8. The van der Waals surface area contributed by atoms with E-state index in [0.717, 1.165) is 11.4 Å². The molecular formula is C19H23ClN4O2S. The molecule has 0 bridgehead atoms. The number of aromatic nitrogens is 2. The van der Waals surface area contributed by atoms with Crippen LogP contribution in [0.5, 0.6) is 0 Å². The summed E-state index contributed by atoms with van der Waals surface area (Å²) in [5.74, 6) is -0.132. The average molecular weight is 407 g/mol. The highest BCUT2D eigenvalue weighted by Gasteiger charge is 2.16. The fourth-order valence-corrected chi connectivity index (χ4v) is 3.54. The molecule has 0 aliphatic rings. The van der Waals surface area contributed by atoms with Crippen molar-refractivity contribution in [2.24, 2.45) is 0 Å². The van der Waals surface area contributed by atoms with Gasteiger partial charge in [0.05, 0.1) is 16.3 Å². The number of hydrogen-bond acceptors (Lipinski definition) is 5. The molecule has 0 spiro atoms. The standard InChI is InChI=1S/C19H23ClN4O2S/c1-5-24(6-2)18(26)15-8-7-14(10-16(15)20)23-17(25)11-27-19-21-12(3)9-13(4)22-19/h7-10H,5-6,11H2,1-4H3,(H,23,25). The third-order valence-electron chi connectivity index (χ3n) is 3.83. The number of aryl methyl sites for hydroxylation is 2. The Balaban J connectivity index is 1.99. The maximum atomic E-state index is 12.4. The van der Waals surface area contributed by atoms with Gasteiger partial charge in [0.15, 0.2) is 5.16 Å². The van der Waals surface area contributed by atoms with E-state index < -0.39 is 0 Å². The van der Waals surface area contributed by atoms with Gasteiger partial charge in [-0.25, -0.2) is 9.97 Å². The Hall–Kier alpha value is -2.12. The number of benzene rings is 1. The molecule has 1 N–H and O–H groups in total. The molecule has 144 valence electrons. The van der Waals surface area contributed by atoms with Gasteiger partial charge in [-0.3, -0.25) is 9.59 Å². The summed E-state index contributed by atoms with van der Waals surface area (Å²) in [4.78, 5) is 34.9. The monoisotopic (exact) mass is 406 g/mol. The lowest BCUT2D eigenvalue weighted by Crippen LogP contribution is -2.30. The summed E-state index contributed by atoms with van der Waals surface area (Å²) in [5, 5.41) is 3.67. The smallest absolute Gasteiger partial charge is 0.255 e. The molecule has 6 nitrogen and oxygen atoms in total. The van der Waals surface area contributed by atoms with E-state index in [1.54, 1.807) is 23.1 Å². The lowest BCUT2D eigenvalue weighted by Gasteiger charge is -2.19. The minimum absolute atomic E-state index is 0.120. The van der Waals surface area contributed by atoms with E-state index >= 15 is 0 Å². The fraction of sp³-hybridized carbons (Fsp3) is 0.368. The largest absolute Gasteiger partial charge is 0.339 e. The van der Waals surface area contributed by atoms with Gasteiger partial charge in [0.25, 0.3) is 5.91 Å². The molecule has 0 aliphatic heterocycles. The third-order valence-corrected chi connectivity index (χ3v) is 4.99. The number of anilines is 1. The Morgan fingerprint density at radius 2 is 1.74 bits per heavy atom. The minimum Gasteiger partial charge on any atom is -0.339 e. The van der Waals surface area contributed by atoms with Gasteiger partial charge >= 0.3 is 0 Å². The zero-order valence-corrected chi connectivity index (χ0v) is 17.4. The maximum absolute atomic E-state index is 12.4. The van der Waals surface area contributed by atoms with Crippen LogP contribution in [0.25, 0.3) is 0 Å². The average Bonchev–Trinajstić information content (AvgIpc) is 2.60. The SMILES string of the molecule is CCN(CC)C(=O)c1ccc(NC(=O)CSc2nc(C)cc(C)n2)cc1Cl. The van der Waals surface area contributed by atoms with Crippen LogP contribution in [-0.4, -0.2) is 45.5 Å². The van der Waals surface area contributed by atoms with E-state index in [1.807, 2.05) is 33.8 Å². The molecule has 0 unspecified atom stereocenters. The molecule has 2 amide bonds. The fourth-order valence-electron chi connectivity index (χ4n) is 2.53. The summed E-state index contributed by atoms with van der Waals surface area (Å²) < 4.78 is 0. The van der Waals surface area contributed by atoms with E-state index in [0.29, 0.717) is 34.5 Å².